The minimum absolute atomic E-state index is 0.0249. The maximum Gasteiger partial charge on any atom is 0.283 e. The minimum atomic E-state index is -3.46. The average Bonchev–Trinajstić information content (AvgIpc) is 3.23. The quantitative estimate of drug-likeness (QED) is 0.293. The summed E-state index contributed by atoms with van der Waals surface area (Å²) < 4.78 is 73.0. The number of rotatable bonds is 10. The number of alkyl halides is 3. The topological polar surface area (TPSA) is 54.5 Å². The number of nitrogens with one attached hydrogen (secondary N) is 2. The smallest absolute Gasteiger partial charge is 0.283 e. The maximum absolute atomic E-state index is 15.8. The van der Waals surface area contributed by atoms with Gasteiger partial charge in [-0.1, -0.05) is 24.8 Å². The summed E-state index contributed by atoms with van der Waals surface area (Å²) in [6.07, 6.45) is 2.52. The summed E-state index contributed by atoms with van der Waals surface area (Å²) in [4.78, 5) is 6.68. The van der Waals surface area contributed by atoms with Crippen molar-refractivity contribution in [2.45, 2.75) is 43.8 Å². The van der Waals surface area contributed by atoms with Gasteiger partial charge in [-0.05, 0) is 49.1 Å². The molecule has 3 N–H and O–H groups in total. The SMILES string of the molecule is C=Cc1ccc2c3c([nH]c2c1)[C@H](c1c(F)cc(NC2CN(CCCF)C2)cc1F)N(CC(F)(F)CO)[C@@H](C)C3. The molecule has 2 aliphatic heterocycles. The van der Waals surface area contributed by atoms with Crippen LogP contribution in [0.4, 0.5) is 27.6 Å². The number of hydrogen-bond acceptors (Lipinski definition) is 4. The van der Waals surface area contributed by atoms with E-state index in [1.807, 2.05) is 18.2 Å². The van der Waals surface area contributed by atoms with Crippen LogP contribution >= 0.6 is 0 Å². The van der Waals surface area contributed by atoms with Crippen LogP contribution in [-0.4, -0.2) is 77.4 Å². The molecule has 3 heterocycles. The Morgan fingerprint density at radius 2 is 1.90 bits per heavy atom. The molecule has 2 aliphatic rings. The van der Waals surface area contributed by atoms with Gasteiger partial charge in [0, 0.05) is 53.5 Å². The number of anilines is 1. The van der Waals surface area contributed by atoms with Gasteiger partial charge in [-0.25, -0.2) is 17.6 Å². The molecular formula is C29H33F5N4O. The van der Waals surface area contributed by atoms with Gasteiger partial charge in [-0.15, -0.1) is 0 Å². The molecule has 1 aromatic heterocycles. The van der Waals surface area contributed by atoms with Gasteiger partial charge in [-0.2, -0.15) is 0 Å². The lowest BCUT2D eigenvalue weighted by molar-refractivity contribution is -0.0869. The van der Waals surface area contributed by atoms with Crippen LogP contribution in [0.25, 0.3) is 17.0 Å². The number of aromatic amines is 1. The number of aromatic nitrogens is 1. The summed E-state index contributed by atoms with van der Waals surface area (Å²) in [7, 11) is 0. The molecule has 2 atom stereocenters. The number of hydrogen-bond donors (Lipinski definition) is 3. The fourth-order valence-electron chi connectivity index (χ4n) is 5.87. The van der Waals surface area contributed by atoms with E-state index in [2.05, 4.69) is 21.8 Å². The van der Waals surface area contributed by atoms with Crippen LogP contribution in [0, 0.1) is 11.6 Å². The second-order valence-corrected chi connectivity index (χ2v) is 10.7. The molecule has 0 unspecified atom stereocenters. The Balaban J connectivity index is 1.53. The zero-order chi connectivity index (χ0) is 27.9. The predicted molar refractivity (Wildman–Crippen MR) is 143 cm³/mol. The van der Waals surface area contributed by atoms with E-state index in [0.29, 0.717) is 38.2 Å². The molecule has 5 rings (SSSR count). The van der Waals surface area contributed by atoms with Crippen molar-refractivity contribution >= 4 is 22.7 Å². The summed E-state index contributed by atoms with van der Waals surface area (Å²) in [5, 5.41) is 13.3. The zero-order valence-electron chi connectivity index (χ0n) is 21.8. The van der Waals surface area contributed by atoms with E-state index >= 15 is 8.78 Å². The van der Waals surface area contributed by atoms with E-state index in [9.17, 15) is 18.3 Å². The van der Waals surface area contributed by atoms with Crippen LogP contribution in [0.3, 0.4) is 0 Å². The zero-order valence-corrected chi connectivity index (χ0v) is 21.8. The van der Waals surface area contributed by atoms with Crippen LogP contribution < -0.4 is 5.32 Å². The third-order valence-electron chi connectivity index (χ3n) is 7.80. The molecule has 2 aromatic carbocycles. The molecule has 1 fully saturated rings. The van der Waals surface area contributed by atoms with Crippen molar-refractivity contribution in [3.05, 3.63) is 70.9 Å². The van der Waals surface area contributed by atoms with E-state index < -0.39 is 42.8 Å². The van der Waals surface area contributed by atoms with Crippen molar-refractivity contribution in [3.8, 4) is 0 Å². The van der Waals surface area contributed by atoms with Crippen LogP contribution in [0.2, 0.25) is 0 Å². The second-order valence-electron chi connectivity index (χ2n) is 10.7. The van der Waals surface area contributed by atoms with Crippen molar-refractivity contribution in [2.24, 2.45) is 0 Å². The van der Waals surface area contributed by atoms with Gasteiger partial charge >= 0.3 is 0 Å². The van der Waals surface area contributed by atoms with Crippen molar-refractivity contribution < 1.29 is 27.1 Å². The van der Waals surface area contributed by atoms with E-state index in [4.69, 9.17) is 0 Å². The molecule has 0 radical (unpaired) electrons. The fourth-order valence-corrected chi connectivity index (χ4v) is 5.87. The van der Waals surface area contributed by atoms with E-state index in [1.165, 1.54) is 17.0 Å². The molecule has 0 spiro atoms. The Kier molecular flexibility index (Phi) is 7.72. The Morgan fingerprint density at radius 3 is 2.54 bits per heavy atom. The number of likely N-dealkylation sites (tertiary alicyclic amines) is 1. The van der Waals surface area contributed by atoms with Crippen molar-refractivity contribution in [1.29, 1.82) is 0 Å². The van der Waals surface area contributed by atoms with E-state index in [1.54, 1.807) is 13.0 Å². The lowest BCUT2D eigenvalue weighted by Gasteiger charge is -2.42. The minimum Gasteiger partial charge on any atom is -0.390 e. The average molecular weight is 549 g/mol. The molecule has 10 heteroatoms. The Morgan fingerprint density at radius 1 is 1.18 bits per heavy atom. The van der Waals surface area contributed by atoms with Gasteiger partial charge in [-0.3, -0.25) is 14.2 Å². The van der Waals surface area contributed by atoms with Crippen LogP contribution in [-0.2, 0) is 6.42 Å². The number of H-pyrrole nitrogens is 1. The van der Waals surface area contributed by atoms with Gasteiger partial charge < -0.3 is 15.4 Å². The Labute approximate surface area is 224 Å². The predicted octanol–water partition coefficient (Wildman–Crippen LogP) is 5.51. The molecule has 3 aromatic rings. The van der Waals surface area contributed by atoms with Crippen molar-refractivity contribution in [1.82, 2.24) is 14.8 Å². The van der Waals surface area contributed by atoms with Crippen molar-refractivity contribution in [2.75, 3.05) is 44.8 Å². The lowest BCUT2D eigenvalue weighted by atomic mass is 9.87. The number of halogens is 5. The summed E-state index contributed by atoms with van der Waals surface area (Å²) in [6.45, 7) is 4.82. The first-order chi connectivity index (χ1) is 18.6. The van der Waals surface area contributed by atoms with Gasteiger partial charge in [0.05, 0.1) is 25.3 Å². The third kappa shape index (κ3) is 5.42. The molecule has 210 valence electrons. The fraction of sp³-hybridized carbons (Fsp3) is 0.448. The second kappa shape index (κ2) is 10.9. The molecule has 5 nitrogen and oxygen atoms in total. The molecule has 39 heavy (non-hydrogen) atoms. The number of aliphatic hydroxyl groups is 1. The van der Waals surface area contributed by atoms with Gasteiger partial charge in [0.1, 0.15) is 18.2 Å². The van der Waals surface area contributed by atoms with E-state index in [0.717, 1.165) is 22.0 Å². The highest BCUT2D eigenvalue weighted by Crippen LogP contribution is 2.44. The largest absolute Gasteiger partial charge is 0.390 e. The van der Waals surface area contributed by atoms with Crippen LogP contribution in [0.15, 0.2) is 36.9 Å². The summed E-state index contributed by atoms with van der Waals surface area (Å²) in [6, 6.07) is 6.38. The van der Waals surface area contributed by atoms with Crippen molar-refractivity contribution in [3.63, 3.8) is 0 Å². The normalized spacial score (nSPS) is 20.7. The first-order valence-electron chi connectivity index (χ1n) is 13.2. The highest BCUT2D eigenvalue weighted by atomic mass is 19.3. The van der Waals surface area contributed by atoms with E-state index in [-0.39, 0.29) is 24.0 Å². The summed E-state index contributed by atoms with van der Waals surface area (Å²) in [5.74, 6) is -5.16. The van der Waals surface area contributed by atoms with Gasteiger partial charge in [0.2, 0.25) is 0 Å². The molecular weight excluding hydrogens is 515 g/mol. The first-order valence-corrected chi connectivity index (χ1v) is 13.2. The summed E-state index contributed by atoms with van der Waals surface area (Å²) in [5.41, 5.74) is 2.79. The molecule has 0 amide bonds. The molecule has 1 saturated heterocycles. The monoisotopic (exact) mass is 548 g/mol. The van der Waals surface area contributed by atoms with Crippen LogP contribution in [0.1, 0.15) is 41.8 Å². The van der Waals surface area contributed by atoms with Crippen LogP contribution in [0.5, 0.6) is 0 Å². The third-order valence-corrected chi connectivity index (χ3v) is 7.80. The van der Waals surface area contributed by atoms with Gasteiger partial charge in [0.15, 0.2) is 0 Å². The molecule has 0 bridgehead atoms. The number of fused-ring (bicyclic) bond motifs is 3. The maximum atomic E-state index is 15.8. The number of aliphatic hydroxyl groups excluding tert-OH is 1. The standard InChI is InChI=1S/C29H33F5N4O/c1-3-18-5-6-21-22-9-17(2)38(15-29(33,34)16-39)28(27(22)36-25(21)10-18)26-23(31)11-19(12-24(26)32)35-20-13-37(14-20)8-4-7-30/h3,5-6,10-12,17,20,28,35-36,39H,1,4,7-9,13-16H2,2H3/t17-,28-/m0/s1. The summed E-state index contributed by atoms with van der Waals surface area (Å²) >= 11 is 0. The van der Waals surface area contributed by atoms with Gasteiger partial charge in [0.25, 0.3) is 5.92 Å². The Bertz CT molecular complexity index is 1330. The highest BCUT2D eigenvalue weighted by molar-refractivity contribution is 5.87. The number of benzene rings is 2. The molecule has 0 saturated carbocycles. The Hall–Kier alpha value is -2.95. The number of nitrogens with zero attached hydrogens (tertiary/aromatic N) is 2. The molecule has 0 aliphatic carbocycles. The highest BCUT2D eigenvalue weighted by Gasteiger charge is 2.43. The first kappa shape index (κ1) is 27.6. The lowest BCUT2D eigenvalue weighted by Crippen LogP contribution is -2.54.